The summed E-state index contributed by atoms with van der Waals surface area (Å²) in [6, 6.07) is 9.47. The van der Waals surface area contributed by atoms with Crippen molar-refractivity contribution in [2.24, 2.45) is 0 Å². The number of carbonyl (C=O) groups is 1. The summed E-state index contributed by atoms with van der Waals surface area (Å²) in [5.41, 5.74) is 2.41. The molecule has 1 aliphatic heterocycles. The molecular formula is C17H18FN3O2. The first kappa shape index (κ1) is 15.3. The molecule has 120 valence electrons. The smallest absolute Gasteiger partial charge is 0.250 e. The lowest BCUT2D eigenvalue weighted by atomic mass is 10.0. The Labute approximate surface area is 133 Å². The number of nitrogens with one attached hydrogen (secondary N) is 2. The number of ether oxygens (including phenoxy) is 1. The molecule has 1 atom stereocenters. The molecule has 1 fully saturated rings. The van der Waals surface area contributed by atoms with E-state index in [2.05, 4.69) is 15.6 Å². The highest BCUT2D eigenvalue weighted by Gasteiger charge is 2.22. The van der Waals surface area contributed by atoms with E-state index in [0.717, 1.165) is 17.7 Å². The molecular weight excluding hydrogens is 297 g/mol. The van der Waals surface area contributed by atoms with E-state index in [9.17, 15) is 9.18 Å². The number of amides is 1. The largest absolute Gasteiger partial charge is 0.479 e. The fourth-order valence-electron chi connectivity index (χ4n) is 2.67. The quantitative estimate of drug-likeness (QED) is 0.890. The van der Waals surface area contributed by atoms with E-state index in [1.165, 1.54) is 13.3 Å². The van der Waals surface area contributed by atoms with E-state index in [0.29, 0.717) is 18.5 Å². The Kier molecular flexibility index (Phi) is 4.41. The lowest BCUT2D eigenvalue weighted by Gasteiger charge is -2.13. The van der Waals surface area contributed by atoms with Crippen LogP contribution < -0.4 is 15.4 Å². The van der Waals surface area contributed by atoms with Crippen LogP contribution in [0.5, 0.6) is 5.88 Å². The van der Waals surface area contributed by atoms with E-state index in [1.54, 1.807) is 6.07 Å². The van der Waals surface area contributed by atoms with Crippen molar-refractivity contribution in [1.29, 1.82) is 0 Å². The Bertz CT molecular complexity index is 721. The number of hydrogen-bond donors (Lipinski definition) is 2. The number of hydrogen-bond acceptors (Lipinski definition) is 4. The second-order valence-corrected chi connectivity index (χ2v) is 5.43. The van der Waals surface area contributed by atoms with Gasteiger partial charge in [-0.1, -0.05) is 12.1 Å². The normalized spacial score (nSPS) is 17.0. The molecule has 0 saturated carbocycles. The average Bonchev–Trinajstić information content (AvgIpc) is 3.01. The van der Waals surface area contributed by atoms with Crippen LogP contribution in [-0.4, -0.2) is 18.0 Å². The number of anilines is 1. The minimum atomic E-state index is -0.457. The number of rotatable bonds is 5. The zero-order chi connectivity index (χ0) is 16.2. The Morgan fingerprint density at radius 2 is 2.30 bits per heavy atom. The van der Waals surface area contributed by atoms with Crippen LogP contribution in [-0.2, 0) is 11.3 Å². The van der Waals surface area contributed by atoms with Crippen molar-refractivity contribution in [2.75, 3.05) is 12.4 Å². The van der Waals surface area contributed by atoms with E-state index >= 15 is 0 Å². The molecule has 0 radical (unpaired) electrons. The average molecular weight is 315 g/mol. The molecule has 1 aromatic heterocycles. The van der Waals surface area contributed by atoms with Gasteiger partial charge >= 0.3 is 0 Å². The molecule has 23 heavy (non-hydrogen) atoms. The lowest BCUT2D eigenvalue weighted by Crippen LogP contribution is -2.18. The lowest BCUT2D eigenvalue weighted by molar-refractivity contribution is -0.119. The van der Waals surface area contributed by atoms with E-state index < -0.39 is 5.82 Å². The van der Waals surface area contributed by atoms with Gasteiger partial charge in [0.05, 0.1) is 13.2 Å². The number of pyridine rings is 1. The summed E-state index contributed by atoms with van der Waals surface area (Å²) in [4.78, 5) is 15.2. The minimum Gasteiger partial charge on any atom is -0.479 e. The van der Waals surface area contributed by atoms with Gasteiger partial charge in [0.1, 0.15) is 0 Å². The summed E-state index contributed by atoms with van der Waals surface area (Å²) in [6.07, 6.45) is 2.88. The molecule has 2 heterocycles. The molecule has 1 unspecified atom stereocenters. The Morgan fingerprint density at radius 1 is 1.43 bits per heavy atom. The van der Waals surface area contributed by atoms with Crippen molar-refractivity contribution in [2.45, 2.75) is 25.4 Å². The topological polar surface area (TPSA) is 63.2 Å². The number of benzene rings is 1. The molecule has 3 rings (SSSR count). The molecule has 0 spiro atoms. The molecule has 0 aliphatic carbocycles. The van der Waals surface area contributed by atoms with Gasteiger partial charge in [-0.15, -0.1) is 0 Å². The standard InChI is InChI=1S/C17H18FN3O2/c1-23-17-16(18)12(7-8-19-17)10-20-13-4-2-3-11(9-13)14-5-6-15(22)21-14/h2-4,7-9,14,20H,5-6,10H2,1H3,(H,21,22). The van der Waals surface area contributed by atoms with Gasteiger partial charge in [0.15, 0.2) is 5.82 Å². The molecule has 0 bridgehead atoms. The monoisotopic (exact) mass is 315 g/mol. The van der Waals surface area contributed by atoms with E-state index in [4.69, 9.17) is 4.74 Å². The van der Waals surface area contributed by atoms with Crippen molar-refractivity contribution < 1.29 is 13.9 Å². The molecule has 6 heteroatoms. The first-order chi connectivity index (χ1) is 11.2. The van der Waals surface area contributed by atoms with Crippen LogP contribution in [0.3, 0.4) is 0 Å². The first-order valence-corrected chi connectivity index (χ1v) is 7.48. The third kappa shape index (κ3) is 3.41. The van der Waals surface area contributed by atoms with Crippen LogP contribution in [0.2, 0.25) is 0 Å². The van der Waals surface area contributed by atoms with Gasteiger partial charge in [0, 0.05) is 30.4 Å². The number of aromatic nitrogens is 1. The van der Waals surface area contributed by atoms with Crippen molar-refractivity contribution in [3.63, 3.8) is 0 Å². The molecule has 2 N–H and O–H groups in total. The van der Waals surface area contributed by atoms with Crippen molar-refractivity contribution in [3.8, 4) is 5.88 Å². The zero-order valence-corrected chi connectivity index (χ0v) is 12.8. The Hall–Kier alpha value is -2.63. The highest BCUT2D eigenvalue weighted by atomic mass is 19.1. The highest BCUT2D eigenvalue weighted by Crippen LogP contribution is 2.26. The molecule has 1 amide bonds. The van der Waals surface area contributed by atoms with Crippen molar-refractivity contribution in [3.05, 3.63) is 53.5 Å². The van der Waals surface area contributed by atoms with Crippen LogP contribution in [0.15, 0.2) is 36.5 Å². The van der Waals surface area contributed by atoms with Gasteiger partial charge in [-0.3, -0.25) is 4.79 Å². The Balaban J connectivity index is 1.70. The summed E-state index contributed by atoms with van der Waals surface area (Å²) >= 11 is 0. The second kappa shape index (κ2) is 6.64. The summed E-state index contributed by atoms with van der Waals surface area (Å²) in [7, 11) is 1.39. The van der Waals surface area contributed by atoms with Gasteiger partial charge in [-0.05, 0) is 30.2 Å². The van der Waals surface area contributed by atoms with E-state index in [-0.39, 0.29) is 17.8 Å². The molecule has 2 aromatic rings. The second-order valence-electron chi connectivity index (χ2n) is 5.43. The van der Waals surface area contributed by atoms with Crippen LogP contribution in [0.25, 0.3) is 0 Å². The third-order valence-electron chi connectivity index (χ3n) is 3.90. The third-order valence-corrected chi connectivity index (χ3v) is 3.90. The molecule has 5 nitrogen and oxygen atoms in total. The fourth-order valence-corrected chi connectivity index (χ4v) is 2.67. The highest BCUT2D eigenvalue weighted by molar-refractivity contribution is 5.78. The SMILES string of the molecule is COc1nccc(CNc2cccc(C3CCC(=O)N3)c2)c1F. The van der Waals surface area contributed by atoms with Crippen LogP contribution in [0.4, 0.5) is 10.1 Å². The van der Waals surface area contributed by atoms with Crippen molar-refractivity contribution >= 4 is 11.6 Å². The molecule has 1 aromatic carbocycles. The van der Waals surface area contributed by atoms with Crippen LogP contribution in [0.1, 0.15) is 30.0 Å². The summed E-state index contributed by atoms with van der Waals surface area (Å²) in [5, 5.41) is 6.14. The van der Waals surface area contributed by atoms with Gasteiger partial charge in [-0.2, -0.15) is 0 Å². The maximum Gasteiger partial charge on any atom is 0.250 e. The van der Waals surface area contributed by atoms with Crippen molar-refractivity contribution in [1.82, 2.24) is 10.3 Å². The number of methoxy groups -OCH3 is 1. The number of carbonyl (C=O) groups excluding carboxylic acids is 1. The van der Waals surface area contributed by atoms with Gasteiger partial charge in [0.25, 0.3) is 0 Å². The summed E-state index contributed by atoms with van der Waals surface area (Å²) in [6.45, 7) is 0.325. The molecule has 1 saturated heterocycles. The Morgan fingerprint density at radius 3 is 3.04 bits per heavy atom. The first-order valence-electron chi connectivity index (χ1n) is 7.48. The predicted molar refractivity (Wildman–Crippen MR) is 84.6 cm³/mol. The van der Waals surface area contributed by atoms with Gasteiger partial charge < -0.3 is 15.4 Å². The van der Waals surface area contributed by atoms with Gasteiger partial charge in [0.2, 0.25) is 11.8 Å². The van der Waals surface area contributed by atoms with Crippen LogP contribution in [0, 0.1) is 5.82 Å². The zero-order valence-electron chi connectivity index (χ0n) is 12.8. The maximum absolute atomic E-state index is 14.1. The van der Waals surface area contributed by atoms with Gasteiger partial charge in [-0.25, -0.2) is 9.37 Å². The predicted octanol–water partition coefficient (Wildman–Crippen LogP) is 2.79. The minimum absolute atomic E-state index is 0.00767. The summed E-state index contributed by atoms with van der Waals surface area (Å²) in [5.74, 6) is -0.382. The number of nitrogens with zero attached hydrogens (tertiary/aromatic N) is 1. The van der Waals surface area contributed by atoms with E-state index in [1.807, 2.05) is 24.3 Å². The maximum atomic E-state index is 14.1. The molecule has 1 aliphatic rings. The van der Waals surface area contributed by atoms with Crippen LogP contribution >= 0.6 is 0 Å². The number of halogens is 1. The fraction of sp³-hybridized carbons (Fsp3) is 0.294. The summed E-state index contributed by atoms with van der Waals surface area (Å²) < 4.78 is 18.9.